The number of halogens is 1. The van der Waals surface area contributed by atoms with E-state index in [0.29, 0.717) is 10.4 Å². The maximum atomic E-state index is 10.6. The van der Waals surface area contributed by atoms with Gasteiger partial charge in [-0.2, -0.15) is 0 Å². The summed E-state index contributed by atoms with van der Waals surface area (Å²) in [5.41, 5.74) is 0.915. The fourth-order valence-corrected chi connectivity index (χ4v) is 2.03. The number of nitrogens with one attached hydrogen (secondary N) is 1. The summed E-state index contributed by atoms with van der Waals surface area (Å²) in [5.74, 6) is 0.312. The van der Waals surface area contributed by atoms with Crippen molar-refractivity contribution in [3.05, 3.63) is 32.8 Å². The molecule has 5 nitrogen and oxygen atoms in total. The van der Waals surface area contributed by atoms with Crippen molar-refractivity contribution in [2.24, 2.45) is 5.92 Å². The van der Waals surface area contributed by atoms with Gasteiger partial charge in [-0.25, -0.2) is 0 Å². The van der Waals surface area contributed by atoms with Crippen LogP contribution in [0.4, 0.5) is 11.4 Å². The largest absolute Gasteiger partial charge is 0.396 e. The molecule has 18 heavy (non-hydrogen) atoms. The number of hydrogen-bond donors (Lipinski definition) is 2. The Morgan fingerprint density at radius 1 is 1.56 bits per heavy atom. The van der Waals surface area contributed by atoms with E-state index in [-0.39, 0.29) is 12.3 Å². The van der Waals surface area contributed by atoms with Gasteiger partial charge in [-0.1, -0.05) is 6.92 Å². The summed E-state index contributed by atoms with van der Waals surface area (Å²) < 4.78 is 0.687. The van der Waals surface area contributed by atoms with Gasteiger partial charge < -0.3 is 10.4 Å². The number of nitro benzene ring substituents is 1. The Bertz CT molecular complexity index is 412. The molecule has 0 radical (unpaired) electrons. The van der Waals surface area contributed by atoms with Gasteiger partial charge in [0.25, 0.3) is 5.69 Å². The van der Waals surface area contributed by atoms with Crippen molar-refractivity contribution in [1.29, 1.82) is 0 Å². The summed E-state index contributed by atoms with van der Waals surface area (Å²) in [7, 11) is 0. The molecule has 1 atom stereocenters. The van der Waals surface area contributed by atoms with Crippen LogP contribution in [0.5, 0.6) is 0 Å². The number of non-ortho nitro benzene ring substituents is 1. The summed E-state index contributed by atoms with van der Waals surface area (Å²) in [6, 6.07) is 4.65. The Kier molecular flexibility index (Phi) is 6.07. The molecule has 0 aromatic heterocycles. The zero-order chi connectivity index (χ0) is 13.5. The fourth-order valence-electron chi connectivity index (χ4n) is 1.53. The first-order chi connectivity index (χ1) is 8.54. The van der Waals surface area contributed by atoms with Crippen LogP contribution in [0, 0.1) is 16.0 Å². The van der Waals surface area contributed by atoms with Crippen molar-refractivity contribution in [2.45, 2.75) is 19.8 Å². The molecule has 0 saturated carbocycles. The van der Waals surface area contributed by atoms with E-state index in [2.05, 4.69) is 21.2 Å². The van der Waals surface area contributed by atoms with E-state index < -0.39 is 4.92 Å². The molecule has 2 N–H and O–H groups in total. The van der Waals surface area contributed by atoms with Crippen LogP contribution < -0.4 is 5.32 Å². The predicted molar refractivity (Wildman–Crippen MR) is 74.8 cm³/mol. The normalized spacial score (nSPS) is 12.2. The molecular formula is C12H17BrN2O3. The van der Waals surface area contributed by atoms with Gasteiger partial charge in [0.05, 0.1) is 4.92 Å². The van der Waals surface area contributed by atoms with Gasteiger partial charge >= 0.3 is 0 Å². The zero-order valence-electron chi connectivity index (χ0n) is 10.2. The minimum Gasteiger partial charge on any atom is -0.396 e. The monoisotopic (exact) mass is 316 g/mol. The van der Waals surface area contributed by atoms with Crippen LogP contribution in [-0.4, -0.2) is 23.2 Å². The topological polar surface area (TPSA) is 75.4 Å². The number of nitro groups is 1. The van der Waals surface area contributed by atoms with Crippen LogP contribution in [0.3, 0.4) is 0 Å². The molecule has 0 aliphatic carbocycles. The Hall–Kier alpha value is -1.14. The van der Waals surface area contributed by atoms with Crippen molar-refractivity contribution in [1.82, 2.24) is 0 Å². The number of benzene rings is 1. The van der Waals surface area contributed by atoms with Gasteiger partial charge in [0.1, 0.15) is 0 Å². The highest BCUT2D eigenvalue weighted by Gasteiger charge is 2.08. The second-order valence-electron chi connectivity index (χ2n) is 4.28. The van der Waals surface area contributed by atoms with Crippen LogP contribution in [0.2, 0.25) is 0 Å². The number of nitrogens with zero attached hydrogens (tertiary/aromatic N) is 1. The third-order valence-corrected chi connectivity index (χ3v) is 3.32. The molecule has 0 bridgehead atoms. The standard InChI is InChI=1S/C12H17BrN2O3/c1-9(8-16)3-2-6-14-12-5-4-10(15(17)18)7-11(12)13/h4-5,7,9,14,16H,2-3,6,8H2,1H3. The van der Waals surface area contributed by atoms with E-state index in [9.17, 15) is 10.1 Å². The highest BCUT2D eigenvalue weighted by molar-refractivity contribution is 9.10. The summed E-state index contributed by atoms with van der Waals surface area (Å²) in [5, 5.41) is 22.7. The lowest BCUT2D eigenvalue weighted by atomic mass is 10.1. The lowest BCUT2D eigenvalue weighted by Gasteiger charge is -2.10. The van der Waals surface area contributed by atoms with Crippen LogP contribution in [-0.2, 0) is 0 Å². The molecule has 0 fully saturated rings. The van der Waals surface area contributed by atoms with Crippen LogP contribution >= 0.6 is 15.9 Å². The zero-order valence-corrected chi connectivity index (χ0v) is 11.8. The molecule has 1 unspecified atom stereocenters. The predicted octanol–water partition coefficient (Wildman–Crippen LogP) is 3.18. The number of rotatable bonds is 7. The Labute approximate surface area is 114 Å². The number of aliphatic hydroxyl groups is 1. The molecule has 0 saturated heterocycles. The Balaban J connectivity index is 2.46. The van der Waals surface area contributed by atoms with Crippen molar-refractivity contribution in [3.8, 4) is 0 Å². The van der Waals surface area contributed by atoms with Gasteiger partial charge in [0.2, 0.25) is 0 Å². The first kappa shape index (κ1) is 14.9. The molecule has 6 heteroatoms. The van der Waals surface area contributed by atoms with E-state index in [4.69, 9.17) is 5.11 Å². The molecule has 0 aliphatic heterocycles. The summed E-state index contributed by atoms with van der Waals surface area (Å²) in [6.07, 6.45) is 1.90. The average molecular weight is 317 g/mol. The molecule has 0 aliphatic rings. The van der Waals surface area contributed by atoms with Crippen molar-refractivity contribution >= 4 is 27.3 Å². The van der Waals surface area contributed by atoms with Crippen LogP contribution in [0.1, 0.15) is 19.8 Å². The number of aliphatic hydroxyl groups excluding tert-OH is 1. The summed E-state index contributed by atoms with van der Waals surface area (Å²) in [4.78, 5) is 10.2. The van der Waals surface area contributed by atoms with E-state index >= 15 is 0 Å². The minimum atomic E-state index is -0.419. The molecule has 0 spiro atoms. The SMILES string of the molecule is CC(CO)CCCNc1ccc([N+](=O)[O-])cc1Br. The second-order valence-corrected chi connectivity index (χ2v) is 5.13. The van der Waals surface area contributed by atoms with E-state index in [1.807, 2.05) is 6.92 Å². The molecule has 1 aromatic carbocycles. The fraction of sp³-hybridized carbons (Fsp3) is 0.500. The van der Waals surface area contributed by atoms with Crippen LogP contribution in [0.25, 0.3) is 0 Å². The lowest BCUT2D eigenvalue weighted by Crippen LogP contribution is -2.06. The van der Waals surface area contributed by atoms with E-state index in [0.717, 1.165) is 25.1 Å². The molecule has 1 rings (SSSR count). The van der Waals surface area contributed by atoms with E-state index in [1.165, 1.54) is 12.1 Å². The lowest BCUT2D eigenvalue weighted by molar-refractivity contribution is -0.384. The molecule has 100 valence electrons. The van der Waals surface area contributed by atoms with E-state index in [1.54, 1.807) is 6.07 Å². The maximum Gasteiger partial charge on any atom is 0.270 e. The Morgan fingerprint density at radius 3 is 2.83 bits per heavy atom. The highest BCUT2D eigenvalue weighted by Crippen LogP contribution is 2.27. The van der Waals surface area contributed by atoms with Crippen LogP contribution in [0.15, 0.2) is 22.7 Å². The van der Waals surface area contributed by atoms with Gasteiger partial charge in [-0.05, 0) is 40.8 Å². The van der Waals surface area contributed by atoms with Gasteiger partial charge in [-0.15, -0.1) is 0 Å². The first-order valence-electron chi connectivity index (χ1n) is 5.83. The average Bonchev–Trinajstić information content (AvgIpc) is 2.35. The smallest absolute Gasteiger partial charge is 0.270 e. The molecule has 0 heterocycles. The second kappa shape index (κ2) is 7.33. The third kappa shape index (κ3) is 4.62. The third-order valence-electron chi connectivity index (χ3n) is 2.66. The summed E-state index contributed by atoms with van der Waals surface area (Å²) in [6.45, 7) is 2.99. The van der Waals surface area contributed by atoms with Crippen molar-refractivity contribution in [2.75, 3.05) is 18.5 Å². The van der Waals surface area contributed by atoms with Gasteiger partial charge in [0, 0.05) is 35.4 Å². The molecule has 1 aromatic rings. The number of anilines is 1. The maximum absolute atomic E-state index is 10.6. The Morgan fingerprint density at radius 2 is 2.28 bits per heavy atom. The van der Waals surface area contributed by atoms with Gasteiger partial charge in [-0.3, -0.25) is 10.1 Å². The molecule has 0 amide bonds. The number of hydrogen-bond acceptors (Lipinski definition) is 4. The van der Waals surface area contributed by atoms with Crippen molar-refractivity contribution < 1.29 is 10.0 Å². The quantitative estimate of drug-likeness (QED) is 0.460. The van der Waals surface area contributed by atoms with Gasteiger partial charge in [0.15, 0.2) is 0 Å². The van der Waals surface area contributed by atoms with Crippen molar-refractivity contribution in [3.63, 3.8) is 0 Å². The minimum absolute atomic E-state index is 0.0707. The highest BCUT2D eigenvalue weighted by atomic mass is 79.9. The summed E-state index contributed by atoms with van der Waals surface area (Å²) >= 11 is 3.30. The first-order valence-corrected chi connectivity index (χ1v) is 6.62. The molecular weight excluding hydrogens is 300 g/mol.